The van der Waals surface area contributed by atoms with Crippen LogP contribution in [0.2, 0.25) is 0 Å². The summed E-state index contributed by atoms with van der Waals surface area (Å²) in [4.78, 5) is 0. The molecule has 0 N–H and O–H groups in total. The number of para-hydroxylation sites is 2. The Hall–Kier alpha value is -2.81. The highest BCUT2D eigenvalue weighted by Gasteiger charge is 2.27. The molecule has 0 amide bonds. The van der Waals surface area contributed by atoms with E-state index in [1.807, 2.05) is 12.3 Å². The fourth-order valence-corrected chi connectivity index (χ4v) is 4.11. The van der Waals surface area contributed by atoms with Crippen molar-refractivity contribution in [3.8, 4) is 16.9 Å². The highest BCUT2D eigenvalue weighted by Crippen LogP contribution is 2.40. The summed E-state index contributed by atoms with van der Waals surface area (Å²) in [5.41, 5.74) is 7.94. The van der Waals surface area contributed by atoms with E-state index in [1.54, 1.807) is 0 Å². The van der Waals surface area contributed by atoms with Crippen molar-refractivity contribution in [1.82, 2.24) is 14.3 Å². The Morgan fingerprint density at radius 3 is 2.58 bits per heavy atom. The van der Waals surface area contributed by atoms with Crippen LogP contribution in [0.15, 0.2) is 60.8 Å². The van der Waals surface area contributed by atoms with Gasteiger partial charge in [0.05, 0.1) is 23.3 Å². The second-order valence-electron chi connectivity index (χ2n) is 6.34. The van der Waals surface area contributed by atoms with Gasteiger partial charge in [0, 0.05) is 23.0 Å². The third-order valence-electron chi connectivity index (χ3n) is 5.13. The molecule has 118 valence electrons. The molecule has 0 fully saturated rings. The van der Waals surface area contributed by atoms with Crippen molar-refractivity contribution in [3.05, 3.63) is 72.1 Å². The molecule has 0 saturated heterocycles. The van der Waals surface area contributed by atoms with Gasteiger partial charge in [0.15, 0.2) is 0 Å². The Morgan fingerprint density at radius 1 is 0.958 bits per heavy atom. The third-order valence-corrected chi connectivity index (χ3v) is 5.13. The number of benzene rings is 2. The lowest BCUT2D eigenvalue weighted by atomic mass is 9.93. The van der Waals surface area contributed by atoms with Gasteiger partial charge < -0.3 is 4.57 Å². The van der Waals surface area contributed by atoms with Crippen LogP contribution in [-0.4, -0.2) is 14.3 Å². The van der Waals surface area contributed by atoms with Crippen LogP contribution in [0.3, 0.4) is 0 Å². The summed E-state index contributed by atoms with van der Waals surface area (Å²) in [6, 6.07) is 19.2. The monoisotopic (exact) mass is 313 g/mol. The molecular formula is C21H19N3. The maximum Gasteiger partial charge on any atom is 0.0649 e. The molecule has 2 heterocycles. The third kappa shape index (κ3) is 1.75. The standard InChI is InChI=1S/C21H19N3/c1-2-23-19-11-7-6-10-16(19)17-12-13-20-18(21(17)23)14-22-24(20)15-8-4-3-5-9-15/h3-11,14H,2,12-13H2,1H3. The smallest absolute Gasteiger partial charge is 0.0649 e. The molecule has 0 aliphatic heterocycles. The average molecular weight is 313 g/mol. The van der Waals surface area contributed by atoms with Gasteiger partial charge in [-0.3, -0.25) is 0 Å². The van der Waals surface area contributed by atoms with Crippen LogP contribution in [0, 0.1) is 0 Å². The van der Waals surface area contributed by atoms with E-state index in [0.717, 1.165) is 25.1 Å². The summed E-state index contributed by atoms with van der Waals surface area (Å²) in [5, 5.41) is 6.11. The van der Waals surface area contributed by atoms with Crippen LogP contribution < -0.4 is 0 Å². The topological polar surface area (TPSA) is 22.8 Å². The Kier molecular flexibility index (Phi) is 2.89. The highest BCUT2D eigenvalue weighted by molar-refractivity contribution is 5.93. The molecule has 1 aliphatic rings. The molecule has 0 radical (unpaired) electrons. The van der Waals surface area contributed by atoms with E-state index in [0.29, 0.717) is 0 Å². The SMILES string of the molecule is CCn1c2c(c3ccccc31)CCc1c-2cnn1-c1ccccc1. The van der Waals surface area contributed by atoms with Gasteiger partial charge in [0.2, 0.25) is 0 Å². The van der Waals surface area contributed by atoms with Crippen LogP contribution in [0.5, 0.6) is 0 Å². The van der Waals surface area contributed by atoms with Gasteiger partial charge in [0.25, 0.3) is 0 Å². The minimum absolute atomic E-state index is 0.978. The van der Waals surface area contributed by atoms with E-state index in [-0.39, 0.29) is 0 Å². The molecule has 0 saturated carbocycles. The van der Waals surface area contributed by atoms with Crippen molar-refractivity contribution in [3.63, 3.8) is 0 Å². The first kappa shape index (κ1) is 13.6. The minimum Gasteiger partial charge on any atom is -0.340 e. The molecular weight excluding hydrogens is 294 g/mol. The number of fused-ring (bicyclic) bond motifs is 5. The number of hydrogen-bond acceptors (Lipinski definition) is 1. The molecule has 0 unspecified atom stereocenters. The van der Waals surface area contributed by atoms with Gasteiger partial charge in [-0.05, 0) is 43.5 Å². The highest BCUT2D eigenvalue weighted by atomic mass is 15.3. The van der Waals surface area contributed by atoms with E-state index in [1.165, 1.54) is 33.4 Å². The molecule has 3 nitrogen and oxygen atoms in total. The van der Waals surface area contributed by atoms with Crippen molar-refractivity contribution in [2.45, 2.75) is 26.3 Å². The zero-order valence-electron chi connectivity index (χ0n) is 13.7. The summed E-state index contributed by atoms with van der Waals surface area (Å²) < 4.78 is 4.55. The zero-order valence-corrected chi connectivity index (χ0v) is 13.7. The molecule has 1 aliphatic carbocycles. The molecule has 2 aromatic heterocycles. The number of rotatable bonds is 2. The fourth-order valence-electron chi connectivity index (χ4n) is 4.11. The Balaban J connectivity index is 1.79. The summed E-state index contributed by atoms with van der Waals surface area (Å²) in [5.74, 6) is 0. The predicted octanol–water partition coefficient (Wildman–Crippen LogP) is 4.61. The number of hydrogen-bond donors (Lipinski definition) is 0. The molecule has 0 spiro atoms. The van der Waals surface area contributed by atoms with Crippen molar-refractivity contribution < 1.29 is 0 Å². The van der Waals surface area contributed by atoms with Gasteiger partial charge in [-0.15, -0.1) is 0 Å². The summed E-state index contributed by atoms with van der Waals surface area (Å²) in [6.45, 7) is 3.20. The van der Waals surface area contributed by atoms with Gasteiger partial charge in [-0.2, -0.15) is 5.10 Å². The maximum atomic E-state index is 4.72. The summed E-state index contributed by atoms with van der Waals surface area (Å²) >= 11 is 0. The van der Waals surface area contributed by atoms with Crippen molar-refractivity contribution in [2.24, 2.45) is 0 Å². The number of aryl methyl sites for hydroxylation is 2. The number of nitrogens with zero attached hydrogens (tertiary/aromatic N) is 3. The van der Waals surface area contributed by atoms with Gasteiger partial charge in [-0.1, -0.05) is 36.4 Å². The molecule has 4 aromatic rings. The Morgan fingerprint density at radius 2 is 1.75 bits per heavy atom. The normalized spacial score (nSPS) is 13.0. The maximum absolute atomic E-state index is 4.72. The largest absolute Gasteiger partial charge is 0.340 e. The lowest BCUT2D eigenvalue weighted by Crippen LogP contribution is -2.10. The van der Waals surface area contributed by atoms with Crippen LogP contribution in [0.4, 0.5) is 0 Å². The van der Waals surface area contributed by atoms with Gasteiger partial charge in [-0.25, -0.2) is 4.68 Å². The molecule has 3 heteroatoms. The lowest BCUT2D eigenvalue weighted by Gasteiger charge is -2.17. The van der Waals surface area contributed by atoms with Crippen molar-refractivity contribution >= 4 is 10.9 Å². The van der Waals surface area contributed by atoms with E-state index >= 15 is 0 Å². The minimum atomic E-state index is 0.978. The van der Waals surface area contributed by atoms with Crippen LogP contribution in [-0.2, 0) is 19.4 Å². The predicted molar refractivity (Wildman–Crippen MR) is 97.6 cm³/mol. The van der Waals surface area contributed by atoms with Gasteiger partial charge in [0.1, 0.15) is 0 Å². The molecule has 0 atom stereocenters. The van der Waals surface area contributed by atoms with E-state index in [2.05, 4.69) is 64.7 Å². The Labute approximate surface area is 141 Å². The van der Waals surface area contributed by atoms with E-state index < -0.39 is 0 Å². The lowest BCUT2D eigenvalue weighted by molar-refractivity contribution is 0.762. The second kappa shape index (κ2) is 5.10. The zero-order chi connectivity index (χ0) is 16.1. The number of aromatic nitrogens is 3. The van der Waals surface area contributed by atoms with Crippen molar-refractivity contribution in [1.29, 1.82) is 0 Å². The summed E-state index contributed by atoms with van der Waals surface area (Å²) in [7, 11) is 0. The molecule has 2 aromatic carbocycles. The molecule has 0 bridgehead atoms. The quantitative estimate of drug-likeness (QED) is 0.530. The van der Waals surface area contributed by atoms with Crippen LogP contribution in [0.25, 0.3) is 27.8 Å². The first-order valence-corrected chi connectivity index (χ1v) is 8.61. The summed E-state index contributed by atoms with van der Waals surface area (Å²) in [6.07, 6.45) is 4.16. The van der Waals surface area contributed by atoms with E-state index in [4.69, 9.17) is 5.10 Å². The first-order chi connectivity index (χ1) is 11.9. The van der Waals surface area contributed by atoms with Crippen LogP contribution >= 0.6 is 0 Å². The first-order valence-electron chi connectivity index (χ1n) is 8.61. The Bertz CT molecular complexity index is 1000. The molecule has 24 heavy (non-hydrogen) atoms. The molecule has 5 rings (SSSR count). The van der Waals surface area contributed by atoms with Crippen molar-refractivity contribution in [2.75, 3.05) is 0 Å². The van der Waals surface area contributed by atoms with E-state index in [9.17, 15) is 0 Å². The fraction of sp³-hybridized carbons (Fsp3) is 0.190. The second-order valence-corrected chi connectivity index (χ2v) is 6.34. The van der Waals surface area contributed by atoms with Gasteiger partial charge >= 0.3 is 0 Å². The average Bonchev–Trinajstić information content (AvgIpc) is 3.21. The van der Waals surface area contributed by atoms with Crippen LogP contribution in [0.1, 0.15) is 18.2 Å².